The Balaban J connectivity index is 1.35. The number of hydrogen-bond donors (Lipinski definition) is 2. The first-order valence-corrected chi connectivity index (χ1v) is 9.29. The number of rotatable bonds is 5. The van der Waals surface area contributed by atoms with Crippen molar-refractivity contribution in [1.29, 1.82) is 0 Å². The van der Waals surface area contributed by atoms with E-state index >= 15 is 0 Å². The molecule has 158 valence electrons. The van der Waals surface area contributed by atoms with Gasteiger partial charge in [-0.2, -0.15) is 13.2 Å². The molecular weight excluding hydrogens is 407 g/mol. The molecule has 2 N–H and O–H groups in total. The van der Waals surface area contributed by atoms with E-state index < -0.39 is 17.6 Å². The molecule has 0 spiro atoms. The Morgan fingerprint density at radius 2 is 1.80 bits per heavy atom. The van der Waals surface area contributed by atoms with E-state index in [0.717, 1.165) is 10.8 Å². The molecule has 1 aliphatic rings. The van der Waals surface area contributed by atoms with Crippen LogP contribution in [0.25, 0.3) is 10.8 Å². The van der Waals surface area contributed by atoms with Crippen molar-refractivity contribution in [2.45, 2.75) is 37.7 Å². The lowest BCUT2D eigenvalue weighted by Gasteiger charge is -2.36. The third-order valence-corrected chi connectivity index (χ3v) is 5.21. The Labute approximate surface area is 168 Å². The Kier molecular flexibility index (Phi) is 5.23. The van der Waals surface area contributed by atoms with Gasteiger partial charge in [0.1, 0.15) is 23.5 Å². The van der Waals surface area contributed by atoms with E-state index in [1.54, 1.807) is 12.1 Å². The van der Waals surface area contributed by atoms with Crippen molar-refractivity contribution in [1.82, 2.24) is 5.32 Å². The van der Waals surface area contributed by atoms with Gasteiger partial charge in [-0.1, -0.05) is 0 Å². The van der Waals surface area contributed by atoms with Gasteiger partial charge in [0.15, 0.2) is 0 Å². The van der Waals surface area contributed by atoms with Crippen LogP contribution < -0.4 is 14.8 Å². The van der Waals surface area contributed by atoms with E-state index in [-0.39, 0.29) is 30.3 Å². The molecule has 3 aromatic rings. The van der Waals surface area contributed by atoms with Gasteiger partial charge in [-0.3, -0.25) is 5.21 Å². The summed E-state index contributed by atoms with van der Waals surface area (Å²) in [6.45, 7) is 0.255. The molecule has 0 unspecified atom stereocenters. The molecule has 0 atom stereocenters. The summed E-state index contributed by atoms with van der Waals surface area (Å²) >= 11 is 0. The first kappa shape index (κ1) is 20.3. The van der Waals surface area contributed by atoms with Crippen LogP contribution in [-0.4, -0.2) is 17.4 Å². The van der Waals surface area contributed by atoms with Gasteiger partial charge in [0.25, 0.3) is 0 Å². The van der Waals surface area contributed by atoms with Crippen molar-refractivity contribution in [2.24, 2.45) is 0 Å². The zero-order chi connectivity index (χ0) is 21.5. The molecule has 2 aromatic carbocycles. The average molecular weight is 425 g/mol. The molecular formula is C21H18F5N2O2+. The molecule has 0 radical (unpaired) electrons. The van der Waals surface area contributed by atoms with Crippen molar-refractivity contribution in [3.63, 3.8) is 0 Å². The maximum Gasteiger partial charge on any atom is 0.419 e. The zero-order valence-electron chi connectivity index (χ0n) is 15.6. The summed E-state index contributed by atoms with van der Waals surface area (Å²) in [4.78, 5) is 0. The molecule has 1 fully saturated rings. The smallest absolute Gasteiger partial charge is 0.419 e. The lowest BCUT2D eigenvalue weighted by atomic mass is 9.89. The lowest BCUT2D eigenvalue weighted by Crippen LogP contribution is -2.46. The van der Waals surface area contributed by atoms with Gasteiger partial charge in [-0.25, -0.2) is 8.78 Å². The topological polar surface area (TPSA) is 45.4 Å². The van der Waals surface area contributed by atoms with Crippen LogP contribution in [0.15, 0.2) is 48.8 Å². The third kappa shape index (κ3) is 4.16. The summed E-state index contributed by atoms with van der Waals surface area (Å²) in [7, 11) is 0. The van der Waals surface area contributed by atoms with Crippen LogP contribution in [0.3, 0.4) is 0 Å². The summed E-state index contributed by atoms with van der Waals surface area (Å²) in [5.41, 5.74) is -0.893. The highest BCUT2D eigenvalue weighted by atomic mass is 19.4. The van der Waals surface area contributed by atoms with Gasteiger partial charge < -0.3 is 10.1 Å². The fourth-order valence-corrected chi connectivity index (χ4v) is 3.54. The van der Waals surface area contributed by atoms with E-state index in [1.807, 2.05) is 0 Å². The van der Waals surface area contributed by atoms with E-state index in [0.29, 0.717) is 35.2 Å². The number of alkyl halides is 3. The van der Waals surface area contributed by atoms with Crippen molar-refractivity contribution in [3.05, 3.63) is 71.6 Å². The molecule has 4 nitrogen and oxygen atoms in total. The van der Waals surface area contributed by atoms with Crippen molar-refractivity contribution in [2.75, 3.05) is 0 Å². The average Bonchev–Trinajstić information content (AvgIpc) is 2.65. The number of nitrogens with one attached hydrogen (secondary N) is 1. The molecule has 1 aromatic heterocycles. The van der Waals surface area contributed by atoms with Crippen LogP contribution in [-0.2, 0) is 12.7 Å². The summed E-state index contributed by atoms with van der Waals surface area (Å²) in [6.07, 6.45) is -1.14. The van der Waals surface area contributed by atoms with Gasteiger partial charge >= 0.3 is 6.18 Å². The zero-order valence-corrected chi connectivity index (χ0v) is 15.6. The van der Waals surface area contributed by atoms with Crippen LogP contribution in [0, 0.1) is 11.6 Å². The largest absolute Gasteiger partial charge is 0.490 e. The van der Waals surface area contributed by atoms with E-state index in [2.05, 4.69) is 5.32 Å². The van der Waals surface area contributed by atoms with E-state index in [1.165, 1.54) is 24.5 Å². The van der Waals surface area contributed by atoms with Crippen LogP contribution in [0.5, 0.6) is 5.75 Å². The lowest BCUT2D eigenvalue weighted by molar-refractivity contribution is -0.903. The predicted octanol–water partition coefficient (Wildman–Crippen LogP) is 4.36. The Morgan fingerprint density at radius 3 is 2.53 bits per heavy atom. The van der Waals surface area contributed by atoms with Crippen molar-refractivity contribution >= 4 is 10.8 Å². The predicted molar refractivity (Wildman–Crippen MR) is 97.0 cm³/mol. The number of aromatic nitrogens is 1. The Hall–Kier alpha value is -2.94. The van der Waals surface area contributed by atoms with Gasteiger partial charge in [-0.15, -0.1) is 0 Å². The minimum atomic E-state index is -4.79. The van der Waals surface area contributed by atoms with E-state index in [9.17, 15) is 27.2 Å². The molecule has 9 heteroatoms. The minimum absolute atomic E-state index is 0.0127. The molecule has 0 amide bonds. The quantitative estimate of drug-likeness (QED) is 0.363. The highest BCUT2D eigenvalue weighted by molar-refractivity contribution is 5.84. The van der Waals surface area contributed by atoms with E-state index in [4.69, 9.17) is 4.74 Å². The van der Waals surface area contributed by atoms with Crippen molar-refractivity contribution in [3.8, 4) is 5.75 Å². The number of ether oxygens (including phenoxy) is 1. The molecule has 1 saturated carbocycles. The van der Waals surface area contributed by atoms with Crippen molar-refractivity contribution < 1.29 is 36.6 Å². The number of benzene rings is 2. The molecule has 0 saturated heterocycles. The molecule has 1 aliphatic carbocycles. The highest BCUT2D eigenvalue weighted by Crippen LogP contribution is 2.35. The SMILES string of the molecule is O[n+]1ccc2c(CNC3CC(Oc4ccc(F)c(C(F)(F)F)c4)C3)c(F)ccc2c1. The molecule has 1 heterocycles. The number of hydrogen-bond acceptors (Lipinski definition) is 3. The molecule has 30 heavy (non-hydrogen) atoms. The fourth-order valence-electron chi connectivity index (χ4n) is 3.54. The van der Waals surface area contributed by atoms with Gasteiger partial charge in [0.05, 0.1) is 10.9 Å². The second-order valence-electron chi connectivity index (χ2n) is 7.28. The minimum Gasteiger partial charge on any atom is -0.490 e. The van der Waals surface area contributed by atoms with Crippen LogP contribution >= 0.6 is 0 Å². The number of pyridine rings is 1. The second kappa shape index (κ2) is 7.71. The second-order valence-corrected chi connectivity index (χ2v) is 7.28. The number of fused-ring (bicyclic) bond motifs is 1. The van der Waals surface area contributed by atoms with Gasteiger partial charge in [0, 0.05) is 34.3 Å². The summed E-state index contributed by atoms with van der Waals surface area (Å²) in [5, 5.41) is 14.1. The Bertz CT molecular complexity index is 1080. The maximum atomic E-state index is 14.3. The van der Waals surface area contributed by atoms with Gasteiger partial charge in [-0.05, 0) is 43.2 Å². The molecule has 4 rings (SSSR count). The molecule has 0 bridgehead atoms. The van der Waals surface area contributed by atoms with Gasteiger partial charge in [0.2, 0.25) is 12.4 Å². The first-order valence-electron chi connectivity index (χ1n) is 9.29. The highest BCUT2D eigenvalue weighted by Gasteiger charge is 2.35. The number of nitrogens with zero attached hydrogens (tertiary/aromatic N) is 1. The standard InChI is InChI=1S/C21H18F5N2O2/c22-19-3-1-12-11-28(29)6-5-16(12)17(19)10-27-13-7-15(8-13)30-14-2-4-20(23)18(9-14)21(24,25)26/h1-6,9,11,13,15,27,29H,7-8,10H2/q+1. The summed E-state index contributed by atoms with van der Waals surface area (Å²) in [5.74, 6) is -1.75. The fraction of sp³-hybridized carbons (Fsp3) is 0.286. The number of halogens is 5. The van der Waals surface area contributed by atoms with Crippen LogP contribution in [0.1, 0.15) is 24.0 Å². The maximum absolute atomic E-state index is 14.3. The third-order valence-electron chi connectivity index (χ3n) is 5.21. The summed E-state index contributed by atoms with van der Waals surface area (Å²) < 4.78 is 72.4. The normalized spacial score (nSPS) is 19.0. The molecule has 0 aliphatic heterocycles. The Morgan fingerprint density at radius 1 is 1.07 bits per heavy atom. The van der Waals surface area contributed by atoms with Crippen LogP contribution in [0.2, 0.25) is 0 Å². The summed E-state index contributed by atoms with van der Waals surface area (Å²) in [6, 6.07) is 7.11. The van der Waals surface area contributed by atoms with Crippen LogP contribution in [0.4, 0.5) is 22.0 Å². The monoisotopic (exact) mass is 425 g/mol. The first-order chi connectivity index (χ1) is 14.2.